The highest BCUT2D eigenvalue weighted by Gasteiger charge is 2.40. The van der Waals surface area contributed by atoms with Crippen LogP contribution in [0.15, 0.2) is 48.5 Å². The summed E-state index contributed by atoms with van der Waals surface area (Å²) in [7, 11) is 0. The fourth-order valence-corrected chi connectivity index (χ4v) is 3.61. The maximum Gasteiger partial charge on any atom is 0.222 e. The van der Waals surface area contributed by atoms with E-state index in [2.05, 4.69) is 12.2 Å². The van der Waals surface area contributed by atoms with Gasteiger partial charge in [0.25, 0.3) is 0 Å². The summed E-state index contributed by atoms with van der Waals surface area (Å²) in [5.74, 6) is -0.352. The Labute approximate surface area is 164 Å². The topological polar surface area (TPSA) is 38.3 Å². The van der Waals surface area contributed by atoms with Crippen LogP contribution in [0.5, 0.6) is 0 Å². The number of nitrogens with one attached hydrogen (secondary N) is 1. The average Bonchev–Trinajstić information content (AvgIpc) is 2.62. The lowest BCUT2D eigenvalue weighted by Crippen LogP contribution is -2.52. The minimum atomic E-state index is -0.428. The molecule has 2 aromatic rings. The number of benzene rings is 2. The molecule has 3 rings (SSSR count). The second-order valence-corrected chi connectivity index (χ2v) is 8.27. The molecule has 1 aliphatic heterocycles. The molecule has 0 radical (unpaired) electrons. The van der Waals surface area contributed by atoms with Crippen LogP contribution < -0.4 is 5.32 Å². The first-order chi connectivity index (χ1) is 12.8. The van der Waals surface area contributed by atoms with Gasteiger partial charge >= 0.3 is 0 Å². The molecule has 1 N–H and O–H groups in total. The molecule has 5 heteroatoms. The summed E-state index contributed by atoms with van der Waals surface area (Å²) < 4.78 is 19.7. The predicted molar refractivity (Wildman–Crippen MR) is 105 cm³/mol. The molecule has 1 heterocycles. The summed E-state index contributed by atoms with van der Waals surface area (Å²) in [4.78, 5) is 12.4. The van der Waals surface area contributed by atoms with Crippen LogP contribution in [0, 0.1) is 11.7 Å². The molecule has 27 heavy (non-hydrogen) atoms. The first-order valence-corrected chi connectivity index (χ1v) is 9.62. The maximum absolute atomic E-state index is 13.3. The Balaban J connectivity index is 1.91. The molecule has 0 unspecified atom stereocenters. The van der Waals surface area contributed by atoms with Gasteiger partial charge in [0.2, 0.25) is 5.91 Å². The molecule has 1 amide bonds. The van der Waals surface area contributed by atoms with Gasteiger partial charge in [0.15, 0.2) is 0 Å². The van der Waals surface area contributed by atoms with E-state index in [0.717, 1.165) is 11.1 Å². The van der Waals surface area contributed by atoms with Crippen molar-refractivity contribution in [3.63, 3.8) is 0 Å². The van der Waals surface area contributed by atoms with Gasteiger partial charge in [-0.15, -0.1) is 0 Å². The highest BCUT2D eigenvalue weighted by molar-refractivity contribution is 6.30. The summed E-state index contributed by atoms with van der Waals surface area (Å²) in [5, 5.41) is 3.87. The van der Waals surface area contributed by atoms with E-state index in [4.69, 9.17) is 16.3 Å². The molecule has 0 saturated carbocycles. The zero-order valence-corrected chi connectivity index (χ0v) is 16.6. The molecule has 1 saturated heterocycles. The fraction of sp³-hybridized carbons (Fsp3) is 0.409. The maximum atomic E-state index is 13.3. The number of hydrogen-bond donors (Lipinski definition) is 1. The van der Waals surface area contributed by atoms with Crippen molar-refractivity contribution in [3.8, 4) is 0 Å². The second-order valence-electron chi connectivity index (χ2n) is 7.83. The molecule has 0 aliphatic carbocycles. The lowest BCUT2D eigenvalue weighted by atomic mass is 9.81. The van der Waals surface area contributed by atoms with Gasteiger partial charge in [0.05, 0.1) is 12.2 Å². The Bertz CT molecular complexity index is 735. The van der Waals surface area contributed by atoms with Gasteiger partial charge in [-0.05, 0) is 42.3 Å². The van der Waals surface area contributed by atoms with Gasteiger partial charge in [-0.3, -0.25) is 4.79 Å². The van der Waals surface area contributed by atoms with Crippen LogP contribution in [0.4, 0.5) is 4.39 Å². The Morgan fingerprint density at radius 3 is 2.04 bits per heavy atom. The normalized spacial score (nSPS) is 25.4. The molecule has 2 aromatic carbocycles. The van der Waals surface area contributed by atoms with E-state index < -0.39 is 5.54 Å². The van der Waals surface area contributed by atoms with Gasteiger partial charge in [-0.1, -0.05) is 49.7 Å². The van der Waals surface area contributed by atoms with Crippen molar-refractivity contribution in [1.82, 2.24) is 5.32 Å². The van der Waals surface area contributed by atoms with E-state index in [1.54, 1.807) is 12.1 Å². The van der Waals surface area contributed by atoms with Crippen LogP contribution in [0.3, 0.4) is 0 Å². The van der Waals surface area contributed by atoms with E-state index in [0.29, 0.717) is 17.9 Å². The molecule has 144 valence electrons. The molecule has 3 atom stereocenters. The quantitative estimate of drug-likeness (QED) is 0.738. The summed E-state index contributed by atoms with van der Waals surface area (Å²) >= 11 is 6.02. The highest BCUT2D eigenvalue weighted by Crippen LogP contribution is 2.43. The van der Waals surface area contributed by atoms with Crippen LogP contribution in [-0.4, -0.2) is 11.4 Å². The largest absolute Gasteiger partial charge is 0.365 e. The molecular weight excluding hydrogens is 365 g/mol. The number of amides is 1. The molecule has 0 spiro atoms. The van der Waals surface area contributed by atoms with Crippen LogP contribution in [0.25, 0.3) is 0 Å². The second kappa shape index (κ2) is 7.99. The van der Waals surface area contributed by atoms with Crippen molar-refractivity contribution in [2.24, 2.45) is 5.92 Å². The lowest BCUT2D eigenvalue weighted by molar-refractivity contribution is -0.131. The van der Waals surface area contributed by atoms with Crippen molar-refractivity contribution in [1.29, 1.82) is 0 Å². The number of ether oxygens (including phenoxy) is 1. The van der Waals surface area contributed by atoms with Crippen molar-refractivity contribution >= 4 is 17.5 Å². The molecule has 3 nitrogen and oxygen atoms in total. The predicted octanol–water partition coefficient (Wildman–Crippen LogP) is 5.60. The monoisotopic (exact) mass is 389 g/mol. The van der Waals surface area contributed by atoms with Gasteiger partial charge in [0, 0.05) is 29.3 Å². The number of carbonyl (C=O) groups excluding carboxylic acids is 1. The van der Waals surface area contributed by atoms with Gasteiger partial charge in [-0.2, -0.15) is 0 Å². The zero-order valence-electron chi connectivity index (χ0n) is 15.8. The Morgan fingerprint density at radius 2 is 1.56 bits per heavy atom. The summed E-state index contributed by atoms with van der Waals surface area (Å²) in [6.07, 6.45) is 0.854. The van der Waals surface area contributed by atoms with Crippen LogP contribution in [0.2, 0.25) is 5.02 Å². The first kappa shape index (κ1) is 19.8. The van der Waals surface area contributed by atoms with Crippen LogP contribution >= 0.6 is 11.6 Å². The minimum Gasteiger partial charge on any atom is -0.365 e. The number of carbonyl (C=O) groups is 1. The molecule has 1 fully saturated rings. The number of hydrogen-bond acceptors (Lipinski definition) is 2. The zero-order chi connectivity index (χ0) is 19.6. The third-order valence-corrected chi connectivity index (χ3v) is 5.29. The van der Waals surface area contributed by atoms with Gasteiger partial charge < -0.3 is 10.1 Å². The van der Waals surface area contributed by atoms with Crippen molar-refractivity contribution in [3.05, 3.63) is 70.5 Å². The summed E-state index contributed by atoms with van der Waals surface area (Å²) in [5.41, 5.74) is 1.49. The van der Waals surface area contributed by atoms with E-state index in [1.807, 2.05) is 38.1 Å². The summed E-state index contributed by atoms with van der Waals surface area (Å²) in [6, 6.07) is 13.9. The van der Waals surface area contributed by atoms with Crippen LogP contribution in [0.1, 0.15) is 56.9 Å². The summed E-state index contributed by atoms with van der Waals surface area (Å²) in [6.45, 7) is 5.81. The smallest absolute Gasteiger partial charge is 0.222 e. The van der Waals surface area contributed by atoms with Crippen molar-refractivity contribution in [2.45, 2.75) is 51.4 Å². The van der Waals surface area contributed by atoms with E-state index in [-0.39, 0.29) is 29.9 Å². The Kier molecular flexibility index (Phi) is 5.87. The van der Waals surface area contributed by atoms with Gasteiger partial charge in [-0.25, -0.2) is 4.39 Å². The Hall–Kier alpha value is -1.91. The average molecular weight is 390 g/mol. The molecule has 1 aliphatic rings. The number of rotatable bonds is 4. The highest BCUT2D eigenvalue weighted by atomic mass is 35.5. The van der Waals surface area contributed by atoms with E-state index in [1.165, 1.54) is 12.1 Å². The van der Waals surface area contributed by atoms with E-state index >= 15 is 0 Å². The van der Waals surface area contributed by atoms with Crippen molar-refractivity contribution in [2.75, 3.05) is 0 Å². The number of halogens is 2. The molecule has 0 aromatic heterocycles. The Morgan fingerprint density at radius 1 is 1.07 bits per heavy atom. The van der Waals surface area contributed by atoms with E-state index in [9.17, 15) is 9.18 Å². The first-order valence-electron chi connectivity index (χ1n) is 9.24. The molecular formula is C22H25ClFNO2. The third kappa shape index (κ3) is 4.88. The minimum absolute atomic E-state index is 0.0205. The van der Waals surface area contributed by atoms with Crippen molar-refractivity contribution < 1.29 is 13.9 Å². The molecule has 0 bridgehead atoms. The fourth-order valence-electron chi connectivity index (χ4n) is 3.49. The van der Waals surface area contributed by atoms with Crippen LogP contribution in [-0.2, 0) is 9.53 Å². The SMILES string of the molecule is CC(C)C(=O)N[C@]1(C)C[C@@H](c2ccc(F)cc2)O[C@@H](c2ccc(Cl)cc2)C1. The third-order valence-electron chi connectivity index (χ3n) is 5.03. The lowest BCUT2D eigenvalue weighted by Gasteiger charge is -2.43. The standard InChI is InChI=1S/C22H25ClFNO2/c1-14(2)21(26)25-22(3)12-19(15-4-8-17(23)9-5-15)27-20(13-22)16-6-10-18(24)11-7-16/h4-11,14,19-20H,12-13H2,1-3H3,(H,25,26)/t19-,20+,22+/m1/s1. The van der Waals surface area contributed by atoms with Gasteiger partial charge in [0.1, 0.15) is 5.82 Å².